The summed E-state index contributed by atoms with van der Waals surface area (Å²) in [5.74, 6) is -0.169. The number of imidazole rings is 1. The minimum Gasteiger partial charge on any atom is -0.396 e. The Balaban J connectivity index is 1.69. The highest BCUT2D eigenvalue weighted by atomic mass is 19.1. The molecule has 0 spiro atoms. The van der Waals surface area contributed by atoms with Crippen LogP contribution < -0.4 is 0 Å². The number of ether oxygens (including phenoxy) is 1. The van der Waals surface area contributed by atoms with Gasteiger partial charge in [-0.1, -0.05) is 0 Å². The lowest BCUT2D eigenvalue weighted by Gasteiger charge is -2.23. The lowest BCUT2D eigenvalue weighted by atomic mass is 9.96. The third-order valence-electron chi connectivity index (χ3n) is 4.97. The van der Waals surface area contributed by atoms with Crippen molar-refractivity contribution in [2.75, 3.05) is 53.6 Å². The average molecular weight is 364 g/mol. The van der Waals surface area contributed by atoms with Gasteiger partial charge in [0.15, 0.2) is 5.82 Å². The topological polar surface area (TPSA) is 81.7 Å². The minimum atomic E-state index is -0.374. The molecule has 0 aliphatic carbocycles. The number of halogens is 1. The third kappa shape index (κ3) is 4.03. The summed E-state index contributed by atoms with van der Waals surface area (Å²) in [6.07, 6.45) is 0. The second kappa shape index (κ2) is 8.11. The van der Waals surface area contributed by atoms with Crippen molar-refractivity contribution >= 4 is 16.9 Å². The number of aromatic amines is 1. The highest BCUT2D eigenvalue weighted by Crippen LogP contribution is 2.25. The number of benzene rings is 1. The highest BCUT2D eigenvalue weighted by Gasteiger charge is 2.36. The highest BCUT2D eigenvalue weighted by molar-refractivity contribution is 5.94. The standard InChI is InChI=1S/C18H25FN4O3/c1-22(5-6-26-2)8-12-9-23(10-13(12)11-24)18(25)17-20-15-4-3-14(19)7-16(15)21-17/h3-4,7,12-13,24H,5-6,8-11H2,1-2H3,(H,20,21)/t12-,13-/m1/s1. The van der Waals surface area contributed by atoms with Crippen LogP contribution in [0, 0.1) is 17.7 Å². The van der Waals surface area contributed by atoms with Crippen LogP contribution in [0.1, 0.15) is 10.6 Å². The zero-order valence-electron chi connectivity index (χ0n) is 15.1. The zero-order valence-corrected chi connectivity index (χ0v) is 15.1. The maximum Gasteiger partial charge on any atom is 0.289 e. The van der Waals surface area contributed by atoms with Crippen LogP contribution in [0.2, 0.25) is 0 Å². The molecule has 1 fully saturated rings. The molecule has 0 unspecified atom stereocenters. The summed E-state index contributed by atoms with van der Waals surface area (Å²) in [7, 11) is 3.67. The predicted molar refractivity (Wildman–Crippen MR) is 95.4 cm³/mol. The summed E-state index contributed by atoms with van der Waals surface area (Å²) in [5.41, 5.74) is 1.06. The van der Waals surface area contributed by atoms with E-state index in [-0.39, 0.29) is 36.0 Å². The summed E-state index contributed by atoms with van der Waals surface area (Å²) in [6, 6.07) is 4.19. The van der Waals surface area contributed by atoms with E-state index in [2.05, 4.69) is 14.9 Å². The number of likely N-dealkylation sites (N-methyl/N-ethyl adjacent to an activating group) is 1. The zero-order chi connectivity index (χ0) is 18.7. The number of methoxy groups -OCH3 is 1. The maximum absolute atomic E-state index is 13.3. The van der Waals surface area contributed by atoms with E-state index in [4.69, 9.17) is 4.74 Å². The molecule has 0 saturated carbocycles. The quantitative estimate of drug-likeness (QED) is 0.765. The van der Waals surface area contributed by atoms with Crippen molar-refractivity contribution in [3.8, 4) is 0 Å². The van der Waals surface area contributed by atoms with Gasteiger partial charge in [-0.3, -0.25) is 4.79 Å². The number of aromatic nitrogens is 2. The first kappa shape index (κ1) is 18.8. The fourth-order valence-corrected chi connectivity index (χ4v) is 3.49. The first-order valence-corrected chi connectivity index (χ1v) is 8.74. The van der Waals surface area contributed by atoms with Crippen molar-refractivity contribution in [2.24, 2.45) is 11.8 Å². The molecule has 1 saturated heterocycles. The molecule has 1 amide bonds. The largest absolute Gasteiger partial charge is 0.396 e. The molecule has 1 aliphatic heterocycles. The van der Waals surface area contributed by atoms with Crippen LogP contribution in [0.25, 0.3) is 11.0 Å². The van der Waals surface area contributed by atoms with Crippen molar-refractivity contribution in [1.82, 2.24) is 19.8 Å². The molecule has 2 heterocycles. The number of nitrogens with zero attached hydrogens (tertiary/aromatic N) is 3. The molecule has 7 nitrogen and oxygen atoms in total. The van der Waals surface area contributed by atoms with Gasteiger partial charge in [0.1, 0.15) is 5.82 Å². The SMILES string of the molecule is COCCN(C)C[C@@H]1CN(C(=O)c2nc3ccc(F)cc3[nH]2)C[C@@H]1CO. The number of rotatable bonds is 7. The van der Waals surface area contributed by atoms with Gasteiger partial charge in [0.25, 0.3) is 5.91 Å². The number of hydrogen-bond donors (Lipinski definition) is 2. The van der Waals surface area contributed by atoms with Crippen molar-refractivity contribution in [3.63, 3.8) is 0 Å². The third-order valence-corrected chi connectivity index (χ3v) is 4.97. The number of likely N-dealkylation sites (tertiary alicyclic amines) is 1. The molecule has 1 aromatic heterocycles. The first-order chi connectivity index (χ1) is 12.5. The number of hydrogen-bond acceptors (Lipinski definition) is 5. The predicted octanol–water partition coefficient (Wildman–Crippen LogP) is 0.961. The second-order valence-electron chi connectivity index (χ2n) is 6.91. The number of carbonyl (C=O) groups is 1. The molecule has 2 aromatic rings. The number of H-pyrrole nitrogens is 1. The van der Waals surface area contributed by atoms with Crippen molar-refractivity contribution in [3.05, 3.63) is 29.8 Å². The monoisotopic (exact) mass is 364 g/mol. The smallest absolute Gasteiger partial charge is 0.289 e. The van der Waals surface area contributed by atoms with Gasteiger partial charge in [0.2, 0.25) is 0 Å². The molecule has 142 valence electrons. The van der Waals surface area contributed by atoms with Crippen LogP contribution in [0.5, 0.6) is 0 Å². The molecule has 0 bridgehead atoms. The normalized spacial score (nSPS) is 20.4. The van der Waals surface area contributed by atoms with E-state index in [1.807, 2.05) is 7.05 Å². The van der Waals surface area contributed by atoms with Crippen LogP contribution >= 0.6 is 0 Å². The van der Waals surface area contributed by atoms with Crippen LogP contribution in [0.15, 0.2) is 18.2 Å². The van der Waals surface area contributed by atoms with Gasteiger partial charge in [0.05, 0.1) is 17.6 Å². The van der Waals surface area contributed by atoms with Crippen molar-refractivity contribution in [1.29, 1.82) is 0 Å². The van der Waals surface area contributed by atoms with Crippen molar-refractivity contribution in [2.45, 2.75) is 0 Å². The molecule has 2 atom stereocenters. The molecular formula is C18H25FN4O3. The van der Waals surface area contributed by atoms with Gasteiger partial charge in [-0.15, -0.1) is 0 Å². The molecule has 26 heavy (non-hydrogen) atoms. The Morgan fingerprint density at radius 3 is 2.96 bits per heavy atom. The molecule has 2 N–H and O–H groups in total. The molecule has 8 heteroatoms. The van der Waals surface area contributed by atoms with E-state index in [1.165, 1.54) is 12.1 Å². The molecule has 3 rings (SSSR count). The summed E-state index contributed by atoms with van der Waals surface area (Å²) < 4.78 is 18.4. The van der Waals surface area contributed by atoms with Crippen molar-refractivity contribution < 1.29 is 19.0 Å². The van der Waals surface area contributed by atoms with Gasteiger partial charge < -0.3 is 24.6 Å². The number of fused-ring (bicyclic) bond motifs is 1. The minimum absolute atomic E-state index is 0.0331. The summed E-state index contributed by atoms with van der Waals surface area (Å²) >= 11 is 0. The van der Waals surface area contributed by atoms with E-state index in [1.54, 1.807) is 18.1 Å². The number of aliphatic hydroxyl groups excluding tert-OH is 1. The number of nitrogens with one attached hydrogen (secondary N) is 1. The lowest BCUT2D eigenvalue weighted by Crippen LogP contribution is -2.34. The van der Waals surface area contributed by atoms with Crippen LogP contribution in [-0.2, 0) is 4.74 Å². The van der Waals surface area contributed by atoms with E-state index in [9.17, 15) is 14.3 Å². The number of amides is 1. The van der Waals surface area contributed by atoms with E-state index in [0.29, 0.717) is 30.7 Å². The fraction of sp³-hybridized carbons (Fsp3) is 0.556. The summed E-state index contributed by atoms with van der Waals surface area (Å²) in [5, 5.41) is 9.69. The van der Waals surface area contributed by atoms with Crippen LogP contribution in [-0.4, -0.2) is 84.3 Å². The number of aliphatic hydroxyl groups is 1. The Morgan fingerprint density at radius 2 is 2.23 bits per heavy atom. The Kier molecular flexibility index (Phi) is 5.85. The Labute approximate surface area is 151 Å². The van der Waals surface area contributed by atoms with Gasteiger partial charge in [-0.05, 0) is 31.2 Å². The van der Waals surface area contributed by atoms with Gasteiger partial charge in [-0.25, -0.2) is 9.37 Å². The van der Waals surface area contributed by atoms with Crippen LogP contribution in [0.3, 0.4) is 0 Å². The van der Waals surface area contributed by atoms with E-state index in [0.717, 1.165) is 13.1 Å². The fourth-order valence-electron chi connectivity index (χ4n) is 3.49. The van der Waals surface area contributed by atoms with E-state index < -0.39 is 0 Å². The average Bonchev–Trinajstić information content (AvgIpc) is 3.22. The van der Waals surface area contributed by atoms with E-state index >= 15 is 0 Å². The number of carbonyl (C=O) groups excluding carboxylic acids is 1. The Morgan fingerprint density at radius 1 is 1.46 bits per heavy atom. The molecule has 0 radical (unpaired) electrons. The Hall–Kier alpha value is -2.03. The first-order valence-electron chi connectivity index (χ1n) is 8.74. The summed E-state index contributed by atoms with van der Waals surface area (Å²) in [6.45, 7) is 3.32. The van der Waals surface area contributed by atoms with Gasteiger partial charge in [-0.2, -0.15) is 0 Å². The van der Waals surface area contributed by atoms with Crippen LogP contribution in [0.4, 0.5) is 4.39 Å². The summed E-state index contributed by atoms with van der Waals surface area (Å²) in [4.78, 5) is 23.8. The van der Waals surface area contributed by atoms with Gasteiger partial charge in [0, 0.05) is 45.8 Å². The lowest BCUT2D eigenvalue weighted by molar-refractivity contribution is 0.0768. The molecular weight excluding hydrogens is 339 g/mol. The molecule has 1 aromatic carbocycles. The second-order valence-corrected chi connectivity index (χ2v) is 6.91. The van der Waals surface area contributed by atoms with Gasteiger partial charge >= 0.3 is 0 Å². The molecule has 1 aliphatic rings. The Bertz CT molecular complexity index is 766. The maximum atomic E-state index is 13.3.